The number of benzene rings is 2. The van der Waals surface area contributed by atoms with Gasteiger partial charge in [-0.3, -0.25) is 9.59 Å². The van der Waals surface area contributed by atoms with Gasteiger partial charge in [0.2, 0.25) is 0 Å². The third kappa shape index (κ3) is 5.11. The molecule has 4 rings (SSSR count). The maximum absolute atomic E-state index is 13.4. The molecule has 0 unspecified atom stereocenters. The van der Waals surface area contributed by atoms with Crippen LogP contribution < -0.4 is 10.6 Å². The van der Waals surface area contributed by atoms with E-state index in [9.17, 15) is 22.8 Å². The smallest absolute Gasteiger partial charge is 0.416 e. The second-order valence-corrected chi connectivity index (χ2v) is 7.98. The highest BCUT2D eigenvalue weighted by Crippen LogP contribution is 2.34. The van der Waals surface area contributed by atoms with Gasteiger partial charge in [-0.15, -0.1) is 0 Å². The number of halogens is 3. The highest BCUT2D eigenvalue weighted by Gasteiger charge is 2.31. The number of furan rings is 1. The molecule has 2 aromatic carbocycles. The van der Waals surface area contributed by atoms with Crippen LogP contribution in [0.1, 0.15) is 43.4 Å². The predicted octanol–water partition coefficient (Wildman–Crippen LogP) is 5.91. The SMILES string of the molecule is Cc1cc(C)n(-c2ccc(C(F)(F)F)cc2NC(=O)c2ccc(C)c(NC(=O)c3ccco3)c2)n1. The van der Waals surface area contributed by atoms with E-state index in [2.05, 4.69) is 15.7 Å². The lowest BCUT2D eigenvalue weighted by molar-refractivity contribution is -0.137. The van der Waals surface area contributed by atoms with Crippen molar-refractivity contribution in [2.75, 3.05) is 10.6 Å². The summed E-state index contributed by atoms with van der Waals surface area (Å²) in [4.78, 5) is 25.4. The highest BCUT2D eigenvalue weighted by molar-refractivity contribution is 6.07. The molecule has 0 saturated carbocycles. The first-order valence-electron chi connectivity index (χ1n) is 10.5. The number of aromatic nitrogens is 2. The van der Waals surface area contributed by atoms with Crippen LogP contribution in [0.4, 0.5) is 24.5 Å². The Morgan fingerprint density at radius 1 is 0.914 bits per heavy atom. The van der Waals surface area contributed by atoms with E-state index in [-0.39, 0.29) is 22.7 Å². The third-order valence-corrected chi connectivity index (χ3v) is 5.30. The number of hydrogen-bond donors (Lipinski definition) is 2. The zero-order valence-corrected chi connectivity index (χ0v) is 19.0. The summed E-state index contributed by atoms with van der Waals surface area (Å²) in [5.41, 5.74) is 1.88. The van der Waals surface area contributed by atoms with Gasteiger partial charge in [-0.2, -0.15) is 18.3 Å². The lowest BCUT2D eigenvalue weighted by Crippen LogP contribution is -2.17. The van der Waals surface area contributed by atoms with Crippen LogP contribution in [-0.4, -0.2) is 21.6 Å². The van der Waals surface area contributed by atoms with Crippen LogP contribution in [0.3, 0.4) is 0 Å². The zero-order chi connectivity index (χ0) is 25.3. The van der Waals surface area contributed by atoms with Gasteiger partial charge in [0, 0.05) is 16.9 Å². The van der Waals surface area contributed by atoms with Gasteiger partial charge < -0.3 is 15.1 Å². The molecule has 2 N–H and O–H groups in total. The van der Waals surface area contributed by atoms with Crippen LogP contribution in [0.2, 0.25) is 0 Å². The van der Waals surface area contributed by atoms with Crippen LogP contribution in [0.25, 0.3) is 5.69 Å². The van der Waals surface area contributed by atoms with Crippen LogP contribution in [0, 0.1) is 20.8 Å². The van der Waals surface area contributed by atoms with Crippen molar-refractivity contribution in [3.05, 3.63) is 94.7 Å². The average molecular weight is 482 g/mol. The molecule has 0 aliphatic carbocycles. The fraction of sp³-hybridized carbons (Fsp3) is 0.160. The number of hydrogen-bond acceptors (Lipinski definition) is 4. The molecule has 0 atom stereocenters. The van der Waals surface area contributed by atoms with Gasteiger partial charge >= 0.3 is 6.18 Å². The Bertz CT molecular complexity index is 1410. The molecule has 0 radical (unpaired) electrons. The standard InChI is InChI=1S/C25H21F3N4O3/c1-14-6-7-17(12-19(14)29-24(34)22-5-4-10-35-22)23(33)30-20-13-18(25(26,27)28)8-9-21(20)32-16(3)11-15(2)31-32/h4-13H,1-3H3,(H,29,34)(H,30,33). The zero-order valence-electron chi connectivity index (χ0n) is 19.0. The van der Waals surface area contributed by atoms with Crippen LogP contribution in [-0.2, 0) is 6.18 Å². The summed E-state index contributed by atoms with van der Waals surface area (Å²) in [5.74, 6) is -1.06. The van der Waals surface area contributed by atoms with E-state index in [0.29, 0.717) is 22.6 Å². The summed E-state index contributed by atoms with van der Waals surface area (Å²) >= 11 is 0. The van der Waals surface area contributed by atoms with Gasteiger partial charge in [0.15, 0.2) is 5.76 Å². The summed E-state index contributed by atoms with van der Waals surface area (Å²) in [5, 5.41) is 9.57. The van der Waals surface area contributed by atoms with E-state index in [1.165, 1.54) is 35.2 Å². The molecular weight excluding hydrogens is 461 g/mol. The minimum absolute atomic E-state index is 0.0576. The highest BCUT2D eigenvalue weighted by atomic mass is 19.4. The van der Waals surface area contributed by atoms with Crippen LogP contribution >= 0.6 is 0 Å². The van der Waals surface area contributed by atoms with Crippen molar-refractivity contribution in [1.29, 1.82) is 0 Å². The first-order chi connectivity index (χ1) is 16.5. The quantitative estimate of drug-likeness (QED) is 0.370. The number of alkyl halides is 3. The lowest BCUT2D eigenvalue weighted by atomic mass is 10.1. The van der Waals surface area contributed by atoms with Crippen molar-refractivity contribution in [3.63, 3.8) is 0 Å². The molecule has 0 saturated heterocycles. The molecule has 0 fully saturated rings. The molecule has 2 aromatic heterocycles. The second kappa shape index (κ2) is 9.13. The van der Waals surface area contributed by atoms with Gasteiger partial charge in [0.05, 0.1) is 28.9 Å². The van der Waals surface area contributed by atoms with Crippen molar-refractivity contribution >= 4 is 23.2 Å². The maximum Gasteiger partial charge on any atom is 0.416 e. The van der Waals surface area contributed by atoms with Gasteiger partial charge in [-0.1, -0.05) is 6.07 Å². The summed E-state index contributed by atoms with van der Waals surface area (Å²) < 4.78 is 46.7. The Morgan fingerprint density at radius 3 is 2.29 bits per heavy atom. The molecule has 0 aliphatic rings. The number of nitrogens with one attached hydrogen (secondary N) is 2. The summed E-state index contributed by atoms with van der Waals surface area (Å²) in [7, 11) is 0. The number of anilines is 2. The van der Waals surface area contributed by atoms with E-state index in [0.717, 1.165) is 12.1 Å². The minimum Gasteiger partial charge on any atom is -0.459 e. The first kappa shape index (κ1) is 23.8. The molecule has 4 aromatic rings. The monoisotopic (exact) mass is 482 g/mol. The number of nitrogens with zero attached hydrogens (tertiary/aromatic N) is 2. The number of carbonyl (C=O) groups excluding carboxylic acids is 2. The lowest BCUT2D eigenvalue weighted by Gasteiger charge is -2.16. The Labute approximate surface area is 198 Å². The molecular formula is C25H21F3N4O3. The number of carbonyl (C=O) groups is 2. The van der Waals surface area contributed by atoms with E-state index in [1.54, 1.807) is 39.0 Å². The summed E-state index contributed by atoms with van der Waals surface area (Å²) in [6.45, 7) is 5.26. The summed E-state index contributed by atoms with van der Waals surface area (Å²) in [6, 6.07) is 12.5. The van der Waals surface area contributed by atoms with Crippen molar-refractivity contribution in [3.8, 4) is 5.69 Å². The van der Waals surface area contributed by atoms with Gasteiger partial charge in [-0.05, 0) is 74.9 Å². The Hall–Kier alpha value is -4.34. The molecule has 10 heteroatoms. The van der Waals surface area contributed by atoms with Gasteiger partial charge in [0.25, 0.3) is 11.8 Å². The van der Waals surface area contributed by atoms with E-state index >= 15 is 0 Å². The number of amides is 2. The molecule has 7 nitrogen and oxygen atoms in total. The maximum atomic E-state index is 13.4. The van der Waals surface area contributed by atoms with Crippen molar-refractivity contribution in [2.24, 2.45) is 0 Å². The number of aryl methyl sites for hydroxylation is 3. The fourth-order valence-corrected chi connectivity index (χ4v) is 3.55. The predicted molar refractivity (Wildman–Crippen MR) is 124 cm³/mol. The Kier molecular flexibility index (Phi) is 6.21. The van der Waals surface area contributed by atoms with Crippen LogP contribution in [0.5, 0.6) is 0 Å². The molecule has 35 heavy (non-hydrogen) atoms. The first-order valence-corrected chi connectivity index (χ1v) is 10.5. The Morgan fingerprint density at radius 2 is 1.66 bits per heavy atom. The molecule has 180 valence electrons. The van der Waals surface area contributed by atoms with Crippen molar-refractivity contribution < 1.29 is 27.2 Å². The third-order valence-electron chi connectivity index (χ3n) is 5.30. The number of rotatable bonds is 5. The van der Waals surface area contributed by atoms with Crippen molar-refractivity contribution in [1.82, 2.24) is 9.78 Å². The van der Waals surface area contributed by atoms with Crippen LogP contribution in [0.15, 0.2) is 65.3 Å². The molecule has 0 spiro atoms. The minimum atomic E-state index is -4.60. The van der Waals surface area contributed by atoms with E-state index in [1.807, 2.05) is 0 Å². The molecule has 2 amide bonds. The van der Waals surface area contributed by atoms with E-state index in [4.69, 9.17) is 4.42 Å². The van der Waals surface area contributed by atoms with Gasteiger partial charge in [-0.25, -0.2) is 4.68 Å². The van der Waals surface area contributed by atoms with E-state index < -0.39 is 23.6 Å². The fourth-order valence-electron chi connectivity index (χ4n) is 3.55. The molecule has 0 aliphatic heterocycles. The molecule has 2 heterocycles. The molecule has 0 bridgehead atoms. The average Bonchev–Trinajstić information content (AvgIpc) is 3.44. The topological polar surface area (TPSA) is 89.2 Å². The second-order valence-electron chi connectivity index (χ2n) is 7.98. The summed E-state index contributed by atoms with van der Waals surface area (Å²) in [6.07, 6.45) is -3.23. The normalized spacial score (nSPS) is 11.4. The van der Waals surface area contributed by atoms with Gasteiger partial charge in [0.1, 0.15) is 0 Å². The largest absolute Gasteiger partial charge is 0.459 e. The Balaban J connectivity index is 1.67. The van der Waals surface area contributed by atoms with Crippen molar-refractivity contribution in [2.45, 2.75) is 26.9 Å².